The van der Waals surface area contributed by atoms with Crippen LogP contribution < -0.4 is 14.5 Å². The molecule has 0 bridgehead atoms. The Balaban J connectivity index is 1.95. The van der Waals surface area contributed by atoms with Gasteiger partial charge >= 0.3 is 0 Å². The van der Waals surface area contributed by atoms with Crippen LogP contribution in [-0.2, 0) is 9.59 Å². The average Bonchev–Trinajstić information content (AvgIpc) is 3.09. The van der Waals surface area contributed by atoms with Crippen LogP contribution >= 0.6 is 0 Å². The van der Waals surface area contributed by atoms with Crippen molar-refractivity contribution < 1.29 is 19.4 Å². The fourth-order valence-corrected chi connectivity index (χ4v) is 4.06. The van der Waals surface area contributed by atoms with Crippen molar-refractivity contribution in [2.45, 2.75) is 13.0 Å². The number of rotatable bonds is 5. The molecule has 1 N–H and O–H groups in total. The smallest absolute Gasteiger partial charge is 0.300 e. The number of nitrogens with zero attached hydrogens (tertiary/aromatic N) is 2. The zero-order valence-corrected chi connectivity index (χ0v) is 19.1. The first kappa shape index (κ1) is 22.1. The summed E-state index contributed by atoms with van der Waals surface area (Å²) < 4.78 is 5.39. The van der Waals surface area contributed by atoms with E-state index in [0.29, 0.717) is 17.0 Å². The van der Waals surface area contributed by atoms with Crippen LogP contribution in [0.2, 0.25) is 0 Å². The minimum atomic E-state index is -0.783. The van der Waals surface area contributed by atoms with Gasteiger partial charge in [-0.3, -0.25) is 14.5 Å². The van der Waals surface area contributed by atoms with Crippen molar-refractivity contribution in [1.82, 2.24) is 0 Å². The third-order valence-electron chi connectivity index (χ3n) is 5.84. The lowest BCUT2D eigenvalue weighted by Gasteiger charge is -2.26. The predicted molar refractivity (Wildman–Crippen MR) is 130 cm³/mol. The van der Waals surface area contributed by atoms with Gasteiger partial charge in [0.2, 0.25) is 0 Å². The summed E-state index contributed by atoms with van der Waals surface area (Å²) in [5.74, 6) is -1.27. The highest BCUT2D eigenvalue weighted by molar-refractivity contribution is 6.51. The Bertz CT molecular complexity index is 1230. The third-order valence-corrected chi connectivity index (χ3v) is 5.84. The summed E-state index contributed by atoms with van der Waals surface area (Å²) in [4.78, 5) is 29.9. The second-order valence-corrected chi connectivity index (χ2v) is 8.19. The maximum Gasteiger partial charge on any atom is 0.300 e. The van der Waals surface area contributed by atoms with Gasteiger partial charge in [-0.25, -0.2) is 0 Å². The molecule has 6 nitrogen and oxygen atoms in total. The molecule has 1 amide bonds. The number of ether oxygens (including phenoxy) is 1. The Morgan fingerprint density at radius 1 is 0.939 bits per heavy atom. The van der Waals surface area contributed by atoms with Gasteiger partial charge in [-0.15, -0.1) is 0 Å². The Kier molecular flexibility index (Phi) is 5.92. The fraction of sp³-hybridized carbons (Fsp3) is 0.185. The highest BCUT2D eigenvalue weighted by atomic mass is 16.5. The van der Waals surface area contributed by atoms with E-state index >= 15 is 0 Å². The number of ketones is 1. The normalized spacial score (nSPS) is 17.3. The van der Waals surface area contributed by atoms with Crippen LogP contribution in [0.1, 0.15) is 22.7 Å². The van der Waals surface area contributed by atoms with E-state index in [4.69, 9.17) is 4.74 Å². The molecule has 0 aliphatic carbocycles. The molecule has 1 saturated heterocycles. The van der Waals surface area contributed by atoms with E-state index in [0.717, 1.165) is 16.8 Å². The van der Waals surface area contributed by atoms with Gasteiger partial charge < -0.3 is 14.7 Å². The van der Waals surface area contributed by atoms with E-state index in [1.165, 1.54) is 12.0 Å². The summed E-state index contributed by atoms with van der Waals surface area (Å²) in [6.45, 7) is 1.96. The summed E-state index contributed by atoms with van der Waals surface area (Å²) in [5.41, 5.74) is 3.71. The van der Waals surface area contributed by atoms with Crippen LogP contribution in [-0.4, -0.2) is 38.0 Å². The molecule has 0 aromatic heterocycles. The lowest BCUT2D eigenvalue weighted by Crippen LogP contribution is -2.29. The fourth-order valence-electron chi connectivity index (χ4n) is 4.06. The molecule has 1 atom stereocenters. The molecular weight excluding hydrogens is 416 g/mol. The van der Waals surface area contributed by atoms with E-state index in [2.05, 4.69) is 0 Å². The Hall–Kier alpha value is -4.06. The Morgan fingerprint density at radius 2 is 1.58 bits per heavy atom. The summed E-state index contributed by atoms with van der Waals surface area (Å²) in [6.07, 6.45) is 0. The molecule has 168 valence electrons. The summed E-state index contributed by atoms with van der Waals surface area (Å²) in [7, 11) is 5.37. The van der Waals surface area contributed by atoms with Gasteiger partial charge in [-0.05, 0) is 48.9 Å². The Labute approximate surface area is 193 Å². The van der Waals surface area contributed by atoms with Crippen LogP contribution in [0.3, 0.4) is 0 Å². The van der Waals surface area contributed by atoms with Gasteiger partial charge in [-0.2, -0.15) is 0 Å². The summed E-state index contributed by atoms with van der Waals surface area (Å²) in [6, 6.07) is 21.1. The number of carbonyl (C=O) groups is 2. The van der Waals surface area contributed by atoms with Crippen LogP contribution in [0.4, 0.5) is 11.4 Å². The van der Waals surface area contributed by atoms with E-state index < -0.39 is 17.7 Å². The monoisotopic (exact) mass is 442 g/mol. The van der Waals surface area contributed by atoms with E-state index in [1.807, 2.05) is 74.4 Å². The highest BCUT2D eigenvalue weighted by Crippen LogP contribution is 2.43. The summed E-state index contributed by atoms with van der Waals surface area (Å²) in [5, 5.41) is 11.3. The molecule has 1 aliphatic rings. The van der Waals surface area contributed by atoms with Crippen molar-refractivity contribution in [3.05, 3.63) is 95.1 Å². The van der Waals surface area contributed by atoms with Crippen LogP contribution in [0.5, 0.6) is 5.75 Å². The number of aliphatic hydroxyl groups excluding tert-OH is 1. The van der Waals surface area contributed by atoms with Crippen molar-refractivity contribution in [3.63, 3.8) is 0 Å². The molecule has 0 radical (unpaired) electrons. The molecule has 1 fully saturated rings. The predicted octanol–water partition coefficient (Wildman–Crippen LogP) is 4.70. The van der Waals surface area contributed by atoms with Crippen molar-refractivity contribution in [2.24, 2.45) is 0 Å². The van der Waals surface area contributed by atoms with Crippen molar-refractivity contribution >= 4 is 28.8 Å². The van der Waals surface area contributed by atoms with Gasteiger partial charge in [0.15, 0.2) is 0 Å². The first-order chi connectivity index (χ1) is 15.8. The van der Waals surface area contributed by atoms with Gasteiger partial charge in [0.1, 0.15) is 11.5 Å². The van der Waals surface area contributed by atoms with Crippen LogP contribution in [0.25, 0.3) is 5.76 Å². The average molecular weight is 443 g/mol. The van der Waals surface area contributed by atoms with Gasteiger partial charge in [0.25, 0.3) is 11.7 Å². The molecule has 4 rings (SSSR count). The first-order valence-electron chi connectivity index (χ1n) is 10.6. The molecule has 0 spiro atoms. The number of hydrogen-bond acceptors (Lipinski definition) is 5. The van der Waals surface area contributed by atoms with Crippen molar-refractivity contribution in [3.8, 4) is 5.75 Å². The maximum absolute atomic E-state index is 13.3. The lowest BCUT2D eigenvalue weighted by atomic mass is 9.94. The third kappa shape index (κ3) is 3.96. The minimum absolute atomic E-state index is 0.0303. The number of methoxy groups -OCH3 is 1. The number of hydrogen-bond donors (Lipinski definition) is 1. The lowest BCUT2D eigenvalue weighted by molar-refractivity contribution is -0.132. The number of carbonyl (C=O) groups excluding carboxylic acids is 2. The number of anilines is 2. The van der Waals surface area contributed by atoms with E-state index in [1.54, 1.807) is 24.3 Å². The SMILES string of the molecule is COc1ccccc1/C(O)=C1/C(=O)C(=O)N(c2ccc(C)cc2)C1c1ccc(N(C)C)cc1. The molecule has 6 heteroatoms. The summed E-state index contributed by atoms with van der Waals surface area (Å²) >= 11 is 0. The van der Waals surface area contributed by atoms with Gasteiger partial charge in [0.05, 0.1) is 24.3 Å². The largest absolute Gasteiger partial charge is 0.507 e. The van der Waals surface area contributed by atoms with Crippen LogP contribution in [0.15, 0.2) is 78.4 Å². The molecule has 1 unspecified atom stereocenters. The molecule has 1 aliphatic heterocycles. The molecule has 3 aromatic rings. The van der Waals surface area contributed by atoms with Crippen molar-refractivity contribution in [1.29, 1.82) is 0 Å². The molecule has 1 heterocycles. The molecule has 3 aromatic carbocycles. The second-order valence-electron chi connectivity index (χ2n) is 8.19. The zero-order chi connectivity index (χ0) is 23.7. The van der Waals surface area contributed by atoms with Gasteiger partial charge in [0, 0.05) is 25.5 Å². The second kappa shape index (κ2) is 8.82. The molecule has 0 saturated carbocycles. The first-order valence-corrected chi connectivity index (χ1v) is 10.6. The Morgan fingerprint density at radius 3 is 2.18 bits per heavy atom. The highest BCUT2D eigenvalue weighted by Gasteiger charge is 2.47. The number of aliphatic hydroxyl groups is 1. The number of amides is 1. The minimum Gasteiger partial charge on any atom is -0.507 e. The topological polar surface area (TPSA) is 70.1 Å². The standard InChI is InChI=1S/C27H26N2O4/c1-17-9-13-20(14-10-17)29-24(18-11-15-19(16-12-18)28(2)3)23(26(31)27(29)32)25(30)21-7-5-6-8-22(21)33-4/h5-16,24,30H,1-4H3/b25-23-. The van der Waals surface area contributed by atoms with Gasteiger partial charge in [-0.1, -0.05) is 42.0 Å². The molecular formula is C27H26N2O4. The number of aryl methyl sites for hydroxylation is 1. The maximum atomic E-state index is 13.3. The van der Waals surface area contributed by atoms with Crippen LogP contribution in [0, 0.1) is 6.92 Å². The van der Waals surface area contributed by atoms with E-state index in [-0.39, 0.29) is 11.3 Å². The number of Topliss-reactive ketones (excluding diaryl/α,β-unsaturated/α-hetero) is 1. The molecule has 33 heavy (non-hydrogen) atoms. The van der Waals surface area contributed by atoms with Crippen molar-refractivity contribution in [2.75, 3.05) is 31.0 Å². The number of benzene rings is 3. The quantitative estimate of drug-likeness (QED) is 0.353. The van der Waals surface area contributed by atoms with E-state index in [9.17, 15) is 14.7 Å². The zero-order valence-electron chi connectivity index (χ0n) is 19.1. The number of para-hydroxylation sites is 1.